The van der Waals surface area contributed by atoms with E-state index < -0.39 is 5.97 Å². The van der Waals surface area contributed by atoms with E-state index in [2.05, 4.69) is 10.3 Å². The quantitative estimate of drug-likeness (QED) is 0.776. The molecule has 2 rings (SSSR count). The molecule has 0 aliphatic carbocycles. The number of aromatic nitrogens is 1. The van der Waals surface area contributed by atoms with Gasteiger partial charge < -0.3 is 10.4 Å². The fourth-order valence-electron chi connectivity index (χ4n) is 1.64. The van der Waals surface area contributed by atoms with E-state index in [9.17, 15) is 4.79 Å². The average molecular weight is 212 g/mol. The highest BCUT2D eigenvalue weighted by atomic mass is 32.1. The molecule has 0 radical (unpaired) electrons. The number of carboxylic acid groups (broad SMARTS) is 1. The van der Waals surface area contributed by atoms with Crippen molar-refractivity contribution in [1.82, 2.24) is 10.3 Å². The lowest BCUT2D eigenvalue weighted by Crippen LogP contribution is -2.28. The van der Waals surface area contributed by atoms with Crippen LogP contribution in [0.5, 0.6) is 0 Å². The van der Waals surface area contributed by atoms with Gasteiger partial charge in [-0.1, -0.05) is 0 Å². The number of nitrogens with zero attached hydrogens (tertiary/aromatic N) is 1. The maximum atomic E-state index is 10.7. The summed E-state index contributed by atoms with van der Waals surface area (Å²) in [6.07, 6.45) is 3.71. The van der Waals surface area contributed by atoms with Crippen LogP contribution in [0.15, 0.2) is 6.20 Å². The van der Waals surface area contributed by atoms with Crippen LogP contribution >= 0.6 is 11.3 Å². The molecule has 0 saturated carbocycles. The Kier molecular flexibility index (Phi) is 2.79. The van der Waals surface area contributed by atoms with Crippen molar-refractivity contribution in [3.63, 3.8) is 0 Å². The minimum Gasteiger partial charge on any atom is -0.477 e. The molecule has 1 fully saturated rings. The van der Waals surface area contributed by atoms with E-state index in [1.54, 1.807) is 0 Å². The molecular formula is C9H12N2O2S. The molecule has 1 saturated heterocycles. The van der Waals surface area contributed by atoms with Gasteiger partial charge in [0.25, 0.3) is 0 Å². The first-order valence-corrected chi connectivity index (χ1v) is 5.49. The number of piperidine rings is 1. The van der Waals surface area contributed by atoms with Gasteiger partial charge in [-0.25, -0.2) is 9.78 Å². The van der Waals surface area contributed by atoms with E-state index in [1.165, 1.54) is 17.5 Å². The SMILES string of the molecule is O=C(O)c1cnc(C2CCCNC2)s1. The Morgan fingerprint density at radius 1 is 1.71 bits per heavy atom. The van der Waals surface area contributed by atoms with Gasteiger partial charge in [-0.2, -0.15) is 0 Å². The van der Waals surface area contributed by atoms with Crippen molar-refractivity contribution in [3.05, 3.63) is 16.1 Å². The Bertz CT molecular complexity index is 331. The topological polar surface area (TPSA) is 62.2 Å². The van der Waals surface area contributed by atoms with Gasteiger partial charge in [0.1, 0.15) is 4.88 Å². The monoisotopic (exact) mass is 212 g/mol. The van der Waals surface area contributed by atoms with Crippen LogP contribution in [0.1, 0.15) is 33.4 Å². The first kappa shape index (κ1) is 9.61. The summed E-state index contributed by atoms with van der Waals surface area (Å²) in [5.41, 5.74) is 0. The van der Waals surface area contributed by atoms with Crippen molar-refractivity contribution in [1.29, 1.82) is 0 Å². The van der Waals surface area contributed by atoms with Gasteiger partial charge in [-0.3, -0.25) is 0 Å². The number of thiazole rings is 1. The molecule has 0 aromatic carbocycles. The van der Waals surface area contributed by atoms with Crippen LogP contribution in [0, 0.1) is 0 Å². The molecule has 5 heteroatoms. The molecule has 0 amide bonds. The maximum absolute atomic E-state index is 10.7. The van der Waals surface area contributed by atoms with Crippen molar-refractivity contribution in [2.45, 2.75) is 18.8 Å². The first-order valence-electron chi connectivity index (χ1n) is 4.67. The van der Waals surface area contributed by atoms with Crippen LogP contribution in [-0.2, 0) is 0 Å². The lowest BCUT2D eigenvalue weighted by Gasteiger charge is -2.20. The van der Waals surface area contributed by atoms with E-state index in [0.717, 1.165) is 30.9 Å². The largest absolute Gasteiger partial charge is 0.477 e. The highest BCUT2D eigenvalue weighted by Crippen LogP contribution is 2.26. The van der Waals surface area contributed by atoms with Crippen molar-refractivity contribution < 1.29 is 9.90 Å². The smallest absolute Gasteiger partial charge is 0.347 e. The summed E-state index contributed by atoms with van der Waals surface area (Å²) in [4.78, 5) is 15.1. The summed E-state index contributed by atoms with van der Waals surface area (Å²) >= 11 is 1.30. The molecule has 1 aliphatic rings. The molecule has 2 heterocycles. The molecule has 1 aromatic heterocycles. The van der Waals surface area contributed by atoms with E-state index in [0.29, 0.717) is 10.8 Å². The minimum atomic E-state index is -0.877. The summed E-state index contributed by atoms with van der Waals surface area (Å²) in [7, 11) is 0. The maximum Gasteiger partial charge on any atom is 0.347 e. The number of carbonyl (C=O) groups is 1. The van der Waals surface area contributed by atoms with Gasteiger partial charge in [0.05, 0.1) is 11.2 Å². The molecule has 1 unspecified atom stereocenters. The summed E-state index contributed by atoms with van der Waals surface area (Å²) < 4.78 is 0. The van der Waals surface area contributed by atoms with Crippen LogP contribution in [0.4, 0.5) is 0 Å². The van der Waals surface area contributed by atoms with Gasteiger partial charge >= 0.3 is 5.97 Å². The van der Waals surface area contributed by atoms with Gasteiger partial charge in [-0.05, 0) is 19.4 Å². The Hall–Kier alpha value is -0.940. The third-order valence-corrected chi connectivity index (χ3v) is 3.53. The van der Waals surface area contributed by atoms with Crippen LogP contribution in [-0.4, -0.2) is 29.1 Å². The van der Waals surface area contributed by atoms with Gasteiger partial charge in [0.15, 0.2) is 0 Å². The summed E-state index contributed by atoms with van der Waals surface area (Å²) in [5.74, 6) is -0.473. The van der Waals surface area contributed by atoms with E-state index in [4.69, 9.17) is 5.11 Å². The third-order valence-electron chi connectivity index (χ3n) is 2.38. The first-order chi connectivity index (χ1) is 6.77. The Morgan fingerprint density at radius 2 is 2.57 bits per heavy atom. The Morgan fingerprint density at radius 3 is 3.14 bits per heavy atom. The number of nitrogens with one attached hydrogen (secondary N) is 1. The van der Waals surface area contributed by atoms with Crippen LogP contribution in [0.3, 0.4) is 0 Å². The van der Waals surface area contributed by atoms with Crippen LogP contribution in [0.25, 0.3) is 0 Å². The Balaban J connectivity index is 2.11. The predicted molar refractivity (Wildman–Crippen MR) is 53.9 cm³/mol. The molecule has 1 aromatic rings. The summed E-state index contributed by atoms with van der Waals surface area (Å²) in [5, 5.41) is 13.0. The molecule has 0 bridgehead atoms. The fourth-order valence-corrected chi connectivity index (χ4v) is 2.53. The molecule has 4 nitrogen and oxygen atoms in total. The summed E-state index contributed by atoms with van der Waals surface area (Å²) in [6, 6.07) is 0. The molecular weight excluding hydrogens is 200 g/mol. The Labute approximate surface area is 86.0 Å². The molecule has 76 valence electrons. The number of aromatic carboxylic acids is 1. The van der Waals surface area contributed by atoms with Gasteiger partial charge in [-0.15, -0.1) is 11.3 Å². The van der Waals surface area contributed by atoms with Crippen LogP contribution < -0.4 is 5.32 Å². The molecule has 1 atom stereocenters. The van der Waals surface area contributed by atoms with Crippen molar-refractivity contribution >= 4 is 17.3 Å². The van der Waals surface area contributed by atoms with Crippen LogP contribution in [0.2, 0.25) is 0 Å². The van der Waals surface area contributed by atoms with E-state index in [1.807, 2.05) is 0 Å². The molecule has 2 N–H and O–H groups in total. The average Bonchev–Trinajstić information content (AvgIpc) is 2.68. The second-order valence-corrected chi connectivity index (χ2v) is 4.47. The zero-order valence-corrected chi connectivity index (χ0v) is 8.51. The lowest BCUT2D eigenvalue weighted by atomic mass is 10.0. The number of carboxylic acids is 1. The second kappa shape index (κ2) is 4.06. The number of hydrogen-bond acceptors (Lipinski definition) is 4. The fraction of sp³-hybridized carbons (Fsp3) is 0.556. The van der Waals surface area contributed by atoms with Crippen molar-refractivity contribution in [2.75, 3.05) is 13.1 Å². The van der Waals surface area contributed by atoms with E-state index in [-0.39, 0.29) is 0 Å². The normalized spacial score (nSPS) is 22.1. The molecule has 0 spiro atoms. The number of hydrogen-bond donors (Lipinski definition) is 2. The predicted octanol–water partition coefficient (Wildman–Crippen LogP) is 1.31. The highest BCUT2D eigenvalue weighted by molar-refractivity contribution is 7.13. The summed E-state index contributed by atoms with van der Waals surface area (Å²) in [6.45, 7) is 1.99. The second-order valence-electron chi connectivity index (χ2n) is 3.41. The van der Waals surface area contributed by atoms with E-state index >= 15 is 0 Å². The zero-order chi connectivity index (χ0) is 9.97. The zero-order valence-electron chi connectivity index (χ0n) is 7.69. The lowest BCUT2D eigenvalue weighted by molar-refractivity contribution is 0.0702. The van der Waals surface area contributed by atoms with Gasteiger partial charge in [0, 0.05) is 12.5 Å². The van der Waals surface area contributed by atoms with Gasteiger partial charge in [0.2, 0.25) is 0 Å². The standard InChI is InChI=1S/C9H12N2O2S/c12-9(13)7-5-11-8(14-7)6-2-1-3-10-4-6/h5-6,10H,1-4H2,(H,12,13). The van der Waals surface area contributed by atoms with Crippen molar-refractivity contribution in [2.24, 2.45) is 0 Å². The van der Waals surface area contributed by atoms with Crippen molar-refractivity contribution in [3.8, 4) is 0 Å². The highest BCUT2D eigenvalue weighted by Gasteiger charge is 2.19. The minimum absolute atomic E-state index is 0.338. The third kappa shape index (κ3) is 1.93. The molecule has 1 aliphatic heterocycles. The number of rotatable bonds is 2. The molecule has 14 heavy (non-hydrogen) atoms.